The summed E-state index contributed by atoms with van der Waals surface area (Å²) in [4.78, 5) is 24.5. The number of methoxy groups -OCH3 is 1. The summed E-state index contributed by atoms with van der Waals surface area (Å²) in [6.07, 6.45) is 0. The van der Waals surface area contributed by atoms with Crippen molar-refractivity contribution in [3.63, 3.8) is 0 Å². The minimum Gasteiger partial charge on any atom is -0.497 e. The lowest BCUT2D eigenvalue weighted by atomic mass is 10.0. The fourth-order valence-corrected chi connectivity index (χ4v) is 1.89. The van der Waals surface area contributed by atoms with Crippen LogP contribution in [-0.2, 0) is 4.79 Å². The zero-order valence-electron chi connectivity index (χ0n) is 14.0. The maximum atomic E-state index is 12.3. The lowest BCUT2D eigenvalue weighted by molar-refractivity contribution is -0.124. The number of carbonyl (C=O) groups is 2. The molecule has 2 amide bonds. The van der Waals surface area contributed by atoms with Crippen LogP contribution < -0.4 is 21.1 Å². The molecule has 0 spiro atoms. The van der Waals surface area contributed by atoms with E-state index in [1.165, 1.54) is 0 Å². The Labute approximate surface area is 143 Å². The molecule has 0 aliphatic rings. The smallest absolute Gasteiger partial charge is 0.251 e. The van der Waals surface area contributed by atoms with E-state index in [0.717, 1.165) is 0 Å². The zero-order chi connectivity index (χ0) is 16.7. The van der Waals surface area contributed by atoms with Crippen molar-refractivity contribution in [1.29, 1.82) is 0 Å². The zero-order valence-corrected chi connectivity index (χ0v) is 14.8. The van der Waals surface area contributed by atoms with Gasteiger partial charge in [-0.25, -0.2) is 0 Å². The first-order valence-corrected chi connectivity index (χ1v) is 7.34. The van der Waals surface area contributed by atoms with Crippen molar-refractivity contribution >= 4 is 24.2 Å². The molecule has 0 radical (unpaired) electrons. The van der Waals surface area contributed by atoms with Gasteiger partial charge in [0.1, 0.15) is 11.8 Å². The molecule has 0 bridgehead atoms. The van der Waals surface area contributed by atoms with Gasteiger partial charge in [0.25, 0.3) is 5.91 Å². The maximum absolute atomic E-state index is 12.3. The summed E-state index contributed by atoms with van der Waals surface area (Å²) < 4.78 is 5.05. The third kappa shape index (κ3) is 6.46. The number of halogens is 1. The average molecular weight is 344 g/mol. The summed E-state index contributed by atoms with van der Waals surface area (Å²) in [6, 6.07) is 5.99. The monoisotopic (exact) mass is 343 g/mol. The van der Waals surface area contributed by atoms with Crippen molar-refractivity contribution in [1.82, 2.24) is 10.6 Å². The van der Waals surface area contributed by atoms with E-state index in [1.54, 1.807) is 31.4 Å². The second kappa shape index (κ2) is 10.1. The predicted molar refractivity (Wildman–Crippen MR) is 93.0 cm³/mol. The largest absolute Gasteiger partial charge is 0.497 e. The molecule has 1 aromatic carbocycles. The highest BCUT2D eigenvalue weighted by Gasteiger charge is 2.25. The topological polar surface area (TPSA) is 93.4 Å². The van der Waals surface area contributed by atoms with E-state index < -0.39 is 6.04 Å². The van der Waals surface area contributed by atoms with Gasteiger partial charge >= 0.3 is 0 Å². The van der Waals surface area contributed by atoms with E-state index in [9.17, 15) is 9.59 Å². The SMILES string of the molecule is COc1ccc(C(=O)NC(C(=O)N[C@@H](C)CN)C(C)C)cc1.Cl. The summed E-state index contributed by atoms with van der Waals surface area (Å²) >= 11 is 0. The second-order valence-corrected chi connectivity index (χ2v) is 5.57. The summed E-state index contributed by atoms with van der Waals surface area (Å²) in [6.45, 7) is 5.93. The van der Waals surface area contributed by atoms with Crippen LogP contribution in [0.1, 0.15) is 31.1 Å². The average Bonchev–Trinajstić information content (AvgIpc) is 2.51. The van der Waals surface area contributed by atoms with E-state index >= 15 is 0 Å². The molecule has 2 atom stereocenters. The lowest BCUT2D eigenvalue weighted by Crippen LogP contribution is -2.52. The van der Waals surface area contributed by atoms with Gasteiger partial charge in [0.05, 0.1) is 7.11 Å². The maximum Gasteiger partial charge on any atom is 0.251 e. The van der Waals surface area contributed by atoms with E-state index in [0.29, 0.717) is 17.9 Å². The van der Waals surface area contributed by atoms with Crippen molar-refractivity contribution in [3.8, 4) is 5.75 Å². The highest BCUT2D eigenvalue weighted by Crippen LogP contribution is 2.12. The molecule has 0 aliphatic carbocycles. The van der Waals surface area contributed by atoms with Gasteiger partial charge in [0.15, 0.2) is 0 Å². The van der Waals surface area contributed by atoms with E-state index in [-0.39, 0.29) is 36.2 Å². The number of amides is 2. The first-order chi connectivity index (χ1) is 10.4. The summed E-state index contributed by atoms with van der Waals surface area (Å²) in [5, 5.41) is 5.55. The number of nitrogens with one attached hydrogen (secondary N) is 2. The predicted octanol–water partition coefficient (Wildman–Crippen LogP) is 1.33. The Morgan fingerprint density at radius 1 is 1.13 bits per heavy atom. The Kier molecular flexibility index (Phi) is 9.29. The minimum absolute atomic E-state index is 0. The molecule has 1 aromatic rings. The molecule has 0 saturated heterocycles. The van der Waals surface area contributed by atoms with Crippen LogP contribution in [0.15, 0.2) is 24.3 Å². The Morgan fingerprint density at radius 2 is 1.70 bits per heavy atom. The van der Waals surface area contributed by atoms with Crippen LogP contribution in [-0.4, -0.2) is 37.6 Å². The van der Waals surface area contributed by atoms with E-state index in [1.807, 2.05) is 20.8 Å². The molecule has 4 N–H and O–H groups in total. The highest BCUT2D eigenvalue weighted by atomic mass is 35.5. The molecule has 23 heavy (non-hydrogen) atoms. The van der Waals surface area contributed by atoms with Crippen LogP contribution in [0.5, 0.6) is 5.75 Å². The van der Waals surface area contributed by atoms with Gasteiger partial charge in [0.2, 0.25) is 5.91 Å². The van der Waals surface area contributed by atoms with Crippen LogP contribution in [0.25, 0.3) is 0 Å². The fourth-order valence-electron chi connectivity index (χ4n) is 1.89. The highest BCUT2D eigenvalue weighted by molar-refractivity contribution is 5.97. The Morgan fingerprint density at radius 3 is 2.13 bits per heavy atom. The molecule has 130 valence electrons. The standard InChI is InChI=1S/C16H25N3O3.ClH/c1-10(2)14(16(21)18-11(3)9-17)19-15(20)12-5-7-13(22-4)8-6-12;/h5-8,10-11,14H,9,17H2,1-4H3,(H,18,21)(H,19,20);1H/t11-,14?;/m0./s1. The van der Waals surface area contributed by atoms with Crippen molar-refractivity contribution in [2.45, 2.75) is 32.9 Å². The Balaban J connectivity index is 0.00000484. The summed E-state index contributed by atoms with van der Waals surface area (Å²) in [5.41, 5.74) is 5.98. The van der Waals surface area contributed by atoms with Crippen LogP contribution in [0.3, 0.4) is 0 Å². The van der Waals surface area contributed by atoms with Gasteiger partial charge < -0.3 is 21.1 Å². The van der Waals surface area contributed by atoms with Crippen molar-refractivity contribution in [3.05, 3.63) is 29.8 Å². The summed E-state index contributed by atoms with van der Waals surface area (Å²) in [5.74, 6) is 0.116. The lowest BCUT2D eigenvalue weighted by Gasteiger charge is -2.23. The molecule has 0 aromatic heterocycles. The summed E-state index contributed by atoms with van der Waals surface area (Å²) in [7, 11) is 1.56. The van der Waals surface area contributed by atoms with Crippen LogP contribution >= 0.6 is 12.4 Å². The molecule has 6 nitrogen and oxygen atoms in total. The second-order valence-electron chi connectivity index (χ2n) is 5.57. The van der Waals surface area contributed by atoms with Gasteiger partial charge in [-0.2, -0.15) is 0 Å². The first-order valence-electron chi connectivity index (χ1n) is 7.34. The molecular weight excluding hydrogens is 318 g/mol. The van der Waals surface area contributed by atoms with Crippen LogP contribution in [0.4, 0.5) is 0 Å². The minimum atomic E-state index is -0.608. The van der Waals surface area contributed by atoms with Gasteiger partial charge in [-0.3, -0.25) is 9.59 Å². The number of hydrogen-bond donors (Lipinski definition) is 3. The number of hydrogen-bond acceptors (Lipinski definition) is 4. The normalized spacial score (nSPS) is 12.8. The molecule has 0 aliphatic heterocycles. The molecule has 0 fully saturated rings. The molecule has 0 saturated carbocycles. The fraction of sp³-hybridized carbons (Fsp3) is 0.500. The molecule has 7 heteroatoms. The van der Waals surface area contributed by atoms with E-state index in [4.69, 9.17) is 10.5 Å². The molecule has 1 rings (SSSR count). The Hall–Kier alpha value is -1.79. The van der Waals surface area contributed by atoms with Crippen LogP contribution in [0, 0.1) is 5.92 Å². The Bertz CT molecular complexity index is 506. The number of nitrogens with two attached hydrogens (primary N) is 1. The molecule has 0 heterocycles. The number of rotatable bonds is 7. The number of benzene rings is 1. The van der Waals surface area contributed by atoms with Crippen LogP contribution in [0.2, 0.25) is 0 Å². The molecule has 1 unspecified atom stereocenters. The van der Waals surface area contributed by atoms with Crippen molar-refractivity contribution < 1.29 is 14.3 Å². The quantitative estimate of drug-likeness (QED) is 0.696. The molecular formula is C16H26ClN3O3. The van der Waals surface area contributed by atoms with Gasteiger partial charge in [0, 0.05) is 18.2 Å². The number of carbonyl (C=O) groups excluding carboxylic acids is 2. The van der Waals surface area contributed by atoms with Crippen molar-refractivity contribution in [2.75, 3.05) is 13.7 Å². The van der Waals surface area contributed by atoms with Gasteiger partial charge in [-0.15, -0.1) is 12.4 Å². The first kappa shape index (κ1) is 21.2. The van der Waals surface area contributed by atoms with Crippen molar-refractivity contribution in [2.24, 2.45) is 11.7 Å². The number of ether oxygens (including phenoxy) is 1. The third-order valence-electron chi connectivity index (χ3n) is 3.33. The van der Waals surface area contributed by atoms with Gasteiger partial charge in [-0.05, 0) is 37.1 Å². The third-order valence-corrected chi connectivity index (χ3v) is 3.33. The van der Waals surface area contributed by atoms with Gasteiger partial charge in [-0.1, -0.05) is 13.8 Å². The van der Waals surface area contributed by atoms with E-state index in [2.05, 4.69) is 10.6 Å².